The first-order valence-electron chi connectivity index (χ1n) is 5.69. The molecule has 2 aromatic carbocycles. The molecule has 88 valence electrons. The highest BCUT2D eigenvalue weighted by atomic mass is 16.1. The molecule has 2 aromatic rings. The Bertz CT molecular complexity index is 434. The second-order valence-corrected chi connectivity index (χ2v) is 4.08. The number of hydrogen-bond donors (Lipinski definition) is 0. The van der Waals surface area contributed by atoms with Gasteiger partial charge in [0.1, 0.15) is 0 Å². The van der Waals surface area contributed by atoms with Gasteiger partial charge < -0.3 is 0 Å². The lowest BCUT2D eigenvalue weighted by atomic mass is 10.2. The number of hydrogen-bond acceptors (Lipinski definition) is 1. The maximum absolute atomic E-state index is 10.6. The maximum Gasteiger partial charge on any atom is 0.159 e. The highest BCUT2D eigenvalue weighted by Gasteiger charge is 1.92. The Morgan fingerprint density at radius 3 is 1.47 bits per heavy atom. The monoisotopic (exact) mass is 226 g/mol. The van der Waals surface area contributed by atoms with Gasteiger partial charge in [0.2, 0.25) is 0 Å². The largest absolute Gasteiger partial charge is 0.295 e. The van der Waals surface area contributed by atoms with Gasteiger partial charge in [0.15, 0.2) is 5.78 Å². The SMILES string of the molecule is CC(=O)c1ccccc1.Cc1ccc(C)cc1. The minimum Gasteiger partial charge on any atom is -0.295 e. The Morgan fingerprint density at radius 2 is 1.18 bits per heavy atom. The van der Waals surface area contributed by atoms with Crippen molar-refractivity contribution in [2.45, 2.75) is 20.8 Å². The standard InChI is InChI=1S/C8H8O.C8H10/c1-7(9)8-5-3-2-4-6-8;1-7-3-5-8(2)6-4-7/h2-6H,1H3;3-6H,1-2H3. The predicted molar refractivity (Wildman–Crippen MR) is 72.4 cm³/mol. The van der Waals surface area contributed by atoms with Gasteiger partial charge in [-0.25, -0.2) is 0 Å². The Balaban J connectivity index is 0.000000171. The van der Waals surface area contributed by atoms with Crippen molar-refractivity contribution in [2.75, 3.05) is 0 Å². The molecule has 2 rings (SSSR count). The van der Waals surface area contributed by atoms with Crippen molar-refractivity contribution >= 4 is 5.78 Å². The molecule has 0 aliphatic heterocycles. The van der Waals surface area contributed by atoms with E-state index in [1.54, 1.807) is 6.92 Å². The van der Waals surface area contributed by atoms with Crippen LogP contribution in [0.3, 0.4) is 0 Å². The van der Waals surface area contributed by atoms with Gasteiger partial charge in [0, 0.05) is 5.56 Å². The second kappa shape index (κ2) is 6.64. The molecule has 0 amide bonds. The van der Waals surface area contributed by atoms with Crippen molar-refractivity contribution in [1.29, 1.82) is 0 Å². The molecule has 0 radical (unpaired) electrons. The molecule has 1 heteroatoms. The molecule has 0 aliphatic carbocycles. The van der Waals surface area contributed by atoms with Crippen LogP contribution in [-0.4, -0.2) is 5.78 Å². The first kappa shape index (κ1) is 13.2. The van der Waals surface area contributed by atoms with Crippen molar-refractivity contribution in [1.82, 2.24) is 0 Å². The van der Waals surface area contributed by atoms with Crippen LogP contribution in [0.5, 0.6) is 0 Å². The van der Waals surface area contributed by atoms with Gasteiger partial charge in [0.25, 0.3) is 0 Å². The van der Waals surface area contributed by atoms with Gasteiger partial charge in [-0.15, -0.1) is 0 Å². The van der Waals surface area contributed by atoms with E-state index in [9.17, 15) is 4.79 Å². The number of benzene rings is 2. The second-order valence-electron chi connectivity index (χ2n) is 4.08. The van der Waals surface area contributed by atoms with Crippen molar-refractivity contribution in [3.8, 4) is 0 Å². The van der Waals surface area contributed by atoms with Crippen molar-refractivity contribution in [3.63, 3.8) is 0 Å². The molecule has 0 heterocycles. The number of aryl methyl sites for hydroxylation is 2. The summed E-state index contributed by atoms with van der Waals surface area (Å²) in [6.07, 6.45) is 0. The average Bonchev–Trinajstić information content (AvgIpc) is 2.35. The van der Waals surface area contributed by atoms with E-state index < -0.39 is 0 Å². The highest BCUT2D eigenvalue weighted by Crippen LogP contribution is 1.99. The third-order valence-electron chi connectivity index (χ3n) is 2.40. The maximum atomic E-state index is 10.6. The Labute approximate surface area is 103 Å². The molecule has 0 saturated carbocycles. The normalized spacial score (nSPS) is 9.12. The number of ketones is 1. The van der Waals surface area contributed by atoms with Gasteiger partial charge in [-0.1, -0.05) is 65.7 Å². The predicted octanol–water partition coefficient (Wildman–Crippen LogP) is 4.19. The quantitative estimate of drug-likeness (QED) is 0.666. The molecule has 0 fully saturated rings. The first-order chi connectivity index (χ1) is 8.09. The number of carbonyl (C=O) groups is 1. The highest BCUT2D eigenvalue weighted by molar-refractivity contribution is 5.93. The Morgan fingerprint density at radius 1 is 0.765 bits per heavy atom. The zero-order chi connectivity index (χ0) is 12.7. The number of rotatable bonds is 1. The molecule has 17 heavy (non-hydrogen) atoms. The van der Waals surface area contributed by atoms with Crippen LogP contribution < -0.4 is 0 Å². The third-order valence-corrected chi connectivity index (χ3v) is 2.40. The van der Waals surface area contributed by atoms with E-state index >= 15 is 0 Å². The zero-order valence-electron chi connectivity index (χ0n) is 10.6. The van der Waals surface area contributed by atoms with E-state index in [1.807, 2.05) is 30.3 Å². The minimum atomic E-state index is 0.121. The Kier molecular flexibility index (Phi) is 5.15. The lowest BCUT2D eigenvalue weighted by molar-refractivity contribution is 0.101. The lowest BCUT2D eigenvalue weighted by Crippen LogP contribution is -1.88. The van der Waals surface area contributed by atoms with Crippen molar-refractivity contribution in [2.24, 2.45) is 0 Å². The summed E-state index contributed by atoms with van der Waals surface area (Å²) >= 11 is 0. The van der Waals surface area contributed by atoms with E-state index in [0.717, 1.165) is 5.56 Å². The van der Waals surface area contributed by atoms with Crippen LogP contribution in [0, 0.1) is 13.8 Å². The molecule has 0 atom stereocenters. The smallest absolute Gasteiger partial charge is 0.159 e. The van der Waals surface area contributed by atoms with E-state index in [2.05, 4.69) is 38.1 Å². The molecule has 1 nitrogen and oxygen atoms in total. The fourth-order valence-electron chi connectivity index (χ4n) is 1.31. The number of carbonyl (C=O) groups excluding carboxylic acids is 1. The van der Waals surface area contributed by atoms with Gasteiger partial charge in [-0.05, 0) is 20.8 Å². The summed E-state index contributed by atoms with van der Waals surface area (Å²) in [7, 11) is 0. The van der Waals surface area contributed by atoms with Gasteiger partial charge in [-0.2, -0.15) is 0 Å². The molecule has 0 spiro atoms. The summed E-state index contributed by atoms with van der Waals surface area (Å²) in [4.78, 5) is 10.6. The van der Waals surface area contributed by atoms with Crippen LogP contribution >= 0.6 is 0 Å². The molecule has 0 bridgehead atoms. The summed E-state index contributed by atoms with van der Waals surface area (Å²) < 4.78 is 0. The molecule has 0 N–H and O–H groups in total. The first-order valence-corrected chi connectivity index (χ1v) is 5.69. The summed E-state index contributed by atoms with van der Waals surface area (Å²) in [6, 6.07) is 17.7. The molecular weight excluding hydrogens is 208 g/mol. The summed E-state index contributed by atoms with van der Waals surface area (Å²) in [5.74, 6) is 0.121. The molecule has 0 aromatic heterocycles. The topological polar surface area (TPSA) is 17.1 Å². The van der Waals surface area contributed by atoms with E-state index in [0.29, 0.717) is 0 Å². The average molecular weight is 226 g/mol. The van der Waals surface area contributed by atoms with Crippen LogP contribution in [-0.2, 0) is 0 Å². The van der Waals surface area contributed by atoms with Crippen LogP contribution in [0.1, 0.15) is 28.4 Å². The van der Waals surface area contributed by atoms with E-state index in [-0.39, 0.29) is 5.78 Å². The molecule has 0 saturated heterocycles. The van der Waals surface area contributed by atoms with Crippen LogP contribution in [0.25, 0.3) is 0 Å². The summed E-state index contributed by atoms with van der Waals surface area (Å²) in [5.41, 5.74) is 3.43. The molecular formula is C16H18O. The Hall–Kier alpha value is -1.89. The molecule has 0 aliphatic rings. The zero-order valence-corrected chi connectivity index (χ0v) is 10.6. The minimum absolute atomic E-state index is 0.121. The van der Waals surface area contributed by atoms with E-state index in [1.165, 1.54) is 11.1 Å². The summed E-state index contributed by atoms with van der Waals surface area (Å²) in [5, 5.41) is 0. The third kappa shape index (κ3) is 5.12. The fraction of sp³-hybridized carbons (Fsp3) is 0.188. The molecule has 0 unspecified atom stereocenters. The van der Waals surface area contributed by atoms with Crippen LogP contribution in [0.2, 0.25) is 0 Å². The van der Waals surface area contributed by atoms with Gasteiger partial charge in [-0.3, -0.25) is 4.79 Å². The van der Waals surface area contributed by atoms with Crippen LogP contribution in [0.15, 0.2) is 54.6 Å². The fourth-order valence-corrected chi connectivity index (χ4v) is 1.31. The van der Waals surface area contributed by atoms with E-state index in [4.69, 9.17) is 0 Å². The van der Waals surface area contributed by atoms with Crippen LogP contribution in [0.4, 0.5) is 0 Å². The van der Waals surface area contributed by atoms with Gasteiger partial charge in [0.05, 0.1) is 0 Å². The summed E-state index contributed by atoms with van der Waals surface area (Å²) in [6.45, 7) is 5.76. The van der Waals surface area contributed by atoms with Gasteiger partial charge >= 0.3 is 0 Å². The van der Waals surface area contributed by atoms with Crippen molar-refractivity contribution in [3.05, 3.63) is 71.3 Å². The van der Waals surface area contributed by atoms with Crippen molar-refractivity contribution < 1.29 is 4.79 Å². The number of Topliss-reactive ketones (excluding diaryl/α,β-unsaturated/α-hetero) is 1. The lowest BCUT2D eigenvalue weighted by Gasteiger charge is -1.90.